The zero-order valence-electron chi connectivity index (χ0n) is 10.1. The van der Waals surface area contributed by atoms with E-state index in [-0.39, 0.29) is 5.91 Å². The molecule has 1 aromatic rings. The fraction of sp³-hybridized carbons (Fsp3) is 0.462. The molecular formula is C13H20N2O. The van der Waals surface area contributed by atoms with E-state index >= 15 is 0 Å². The molecule has 0 aliphatic rings. The summed E-state index contributed by atoms with van der Waals surface area (Å²) in [6.45, 7) is 6.01. The molecule has 16 heavy (non-hydrogen) atoms. The minimum Gasteiger partial charge on any atom is -0.343 e. The molecule has 0 saturated heterocycles. The zero-order valence-corrected chi connectivity index (χ0v) is 10.1. The van der Waals surface area contributed by atoms with E-state index in [0.717, 1.165) is 24.2 Å². The van der Waals surface area contributed by atoms with Gasteiger partial charge in [-0.05, 0) is 25.0 Å². The molecule has 0 heterocycles. The number of amides is 1. The molecule has 1 amide bonds. The molecule has 0 spiro atoms. The first-order valence-corrected chi connectivity index (χ1v) is 5.77. The maximum absolute atomic E-state index is 11.9. The first-order chi connectivity index (χ1) is 7.72. The second-order valence-electron chi connectivity index (χ2n) is 3.72. The van der Waals surface area contributed by atoms with E-state index < -0.39 is 0 Å². The summed E-state index contributed by atoms with van der Waals surface area (Å²) < 4.78 is 0. The van der Waals surface area contributed by atoms with Gasteiger partial charge in [-0.15, -0.1) is 0 Å². The van der Waals surface area contributed by atoms with Crippen molar-refractivity contribution in [3.63, 3.8) is 0 Å². The van der Waals surface area contributed by atoms with E-state index in [1.165, 1.54) is 0 Å². The van der Waals surface area contributed by atoms with Gasteiger partial charge in [-0.25, -0.2) is 0 Å². The van der Waals surface area contributed by atoms with Crippen molar-refractivity contribution in [1.82, 2.24) is 4.90 Å². The normalized spacial score (nSPS) is 10.2. The number of carbonyl (C=O) groups excluding carboxylic acids is 1. The third-order valence-corrected chi connectivity index (χ3v) is 2.80. The van der Waals surface area contributed by atoms with Crippen molar-refractivity contribution in [2.75, 3.05) is 13.1 Å². The number of rotatable bonds is 5. The van der Waals surface area contributed by atoms with Crippen molar-refractivity contribution in [1.29, 1.82) is 0 Å². The highest BCUT2D eigenvalue weighted by Gasteiger charge is 2.11. The highest BCUT2D eigenvalue weighted by molar-refractivity contribution is 5.79. The number of carbonyl (C=O) groups is 1. The molecule has 0 aromatic heterocycles. The average molecular weight is 220 g/mol. The van der Waals surface area contributed by atoms with Gasteiger partial charge >= 0.3 is 0 Å². The van der Waals surface area contributed by atoms with Gasteiger partial charge in [0, 0.05) is 19.6 Å². The molecule has 3 nitrogen and oxygen atoms in total. The van der Waals surface area contributed by atoms with Crippen LogP contribution >= 0.6 is 0 Å². The van der Waals surface area contributed by atoms with Crippen molar-refractivity contribution in [3.05, 3.63) is 35.4 Å². The minimum absolute atomic E-state index is 0.172. The van der Waals surface area contributed by atoms with Crippen LogP contribution in [-0.2, 0) is 17.8 Å². The van der Waals surface area contributed by atoms with Crippen molar-refractivity contribution in [3.8, 4) is 0 Å². The first kappa shape index (κ1) is 12.7. The highest BCUT2D eigenvalue weighted by Crippen LogP contribution is 2.10. The molecule has 0 aliphatic carbocycles. The summed E-state index contributed by atoms with van der Waals surface area (Å²) in [5, 5.41) is 0. The maximum Gasteiger partial charge on any atom is 0.226 e. The molecule has 2 N–H and O–H groups in total. The Labute approximate surface area is 97.2 Å². The second-order valence-corrected chi connectivity index (χ2v) is 3.72. The largest absolute Gasteiger partial charge is 0.343 e. The SMILES string of the molecule is CCN(CC)C(=O)Cc1ccccc1CN. The molecule has 0 radical (unpaired) electrons. The van der Waals surface area contributed by atoms with Crippen LogP contribution in [0.3, 0.4) is 0 Å². The molecule has 0 bridgehead atoms. The van der Waals surface area contributed by atoms with Crippen LogP contribution < -0.4 is 5.73 Å². The lowest BCUT2D eigenvalue weighted by Crippen LogP contribution is -2.32. The lowest BCUT2D eigenvalue weighted by molar-refractivity contribution is -0.130. The Kier molecular flexibility index (Phi) is 4.99. The molecule has 0 fully saturated rings. The Balaban J connectivity index is 2.76. The van der Waals surface area contributed by atoms with Crippen LogP contribution in [0, 0.1) is 0 Å². The maximum atomic E-state index is 11.9. The highest BCUT2D eigenvalue weighted by atomic mass is 16.2. The molecule has 0 aliphatic heterocycles. The number of hydrogen-bond donors (Lipinski definition) is 1. The number of benzene rings is 1. The molecule has 0 saturated carbocycles. The summed E-state index contributed by atoms with van der Waals surface area (Å²) >= 11 is 0. The van der Waals surface area contributed by atoms with E-state index in [1.807, 2.05) is 43.0 Å². The summed E-state index contributed by atoms with van der Waals surface area (Å²) in [5.41, 5.74) is 7.74. The third kappa shape index (κ3) is 3.07. The van der Waals surface area contributed by atoms with Gasteiger partial charge in [0.05, 0.1) is 6.42 Å². The van der Waals surface area contributed by atoms with Gasteiger partial charge in [0.25, 0.3) is 0 Å². The van der Waals surface area contributed by atoms with Crippen LogP contribution in [0.15, 0.2) is 24.3 Å². The van der Waals surface area contributed by atoms with Crippen molar-refractivity contribution in [2.24, 2.45) is 5.73 Å². The van der Waals surface area contributed by atoms with Gasteiger partial charge in [0.1, 0.15) is 0 Å². The molecule has 0 unspecified atom stereocenters. The van der Waals surface area contributed by atoms with Crippen LogP contribution in [0.5, 0.6) is 0 Å². The molecule has 0 atom stereocenters. The second kappa shape index (κ2) is 6.28. The van der Waals surface area contributed by atoms with Crippen LogP contribution in [0.25, 0.3) is 0 Å². The van der Waals surface area contributed by atoms with Gasteiger partial charge in [-0.2, -0.15) is 0 Å². The number of nitrogens with two attached hydrogens (primary N) is 1. The fourth-order valence-electron chi connectivity index (χ4n) is 1.78. The minimum atomic E-state index is 0.172. The van der Waals surface area contributed by atoms with E-state index in [0.29, 0.717) is 13.0 Å². The Morgan fingerprint density at radius 1 is 1.19 bits per heavy atom. The smallest absolute Gasteiger partial charge is 0.226 e. The van der Waals surface area contributed by atoms with Crippen LogP contribution in [-0.4, -0.2) is 23.9 Å². The summed E-state index contributed by atoms with van der Waals surface area (Å²) in [6, 6.07) is 7.85. The number of hydrogen-bond acceptors (Lipinski definition) is 2. The summed E-state index contributed by atoms with van der Waals surface area (Å²) in [7, 11) is 0. The molecule has 88 valence electrons. The first-order valence-electron chi connectivity index (χ1n) is 5.77. The monoisotopic (exact) mass is 220 g/mol. The van der Waals surface area contributed by atoms with Gasteiger partial charge in [0.15, 0.2) is 0 Å². The summed E-state index contributed by atoms with van der Waals surface area (Å²) in [5.74, 6) is 0.172. The zero-order chi connectivity index (χ0) is 12.0. The van der Waals surface area contributed by atoms with Crippen molar-refractivity contribution < 1.29 is 4.79 Å². The fourth-order valence-corrected chi connectivity index (χ4v) is 1.78. The van der Waals surface area contributed by atoms with Crippen LogP contribution in [0.2, 0.25) is 0 Å². The lowest BCUT2D eigenvalue weighted by Gasteiger charge is -2.19. The standard InChI is InChI=1S/C13H20N2O/c1-3-15(4-2)13(16)9-11-7-5-6-8-12(11)10-14/h5-8H,3-4,9-10,14H2,1-2H3. The lowest BCUT2D eigenvalue weighted by atomic mass is 10.0. The Bertz CT molecular complexity index is 346. The van der Waals surface area contributed by atoms with Crippen molar-refractivity contribution in [2.45, 2.75) is 26.8 Å². The summed E-state index contributed by atoms with van der Waals surface area (Å²) in [4.78, 5) is 13.8. The Morgan fingerprint density at radius 3 is 2.25 bits per heavy atom. The van der Waals surface area contributed by atoms with Gasteiger partial charge in [0.2, 0.25) is 5.91 Å². The average Bonchev–Trinajstić information content (AvgIpc) is 2.31. The van der Waals surface area contributed by atoms with E-state index in [4.69, 9.17) is 5.73 Å². The van der Waals surface area contributed by atoms with Gasteiger partial charge < -0.3 is 10.6 Å². The van der Waals surface area contributed by atoms with Crippen molar-refractivity contribution >= 4 is 5.91 Å². The van der Waals surface area contributed by atoms with Crippen LogP contribution in [0.4, 0.5) is 0 Å². The van der Waals surface area contributed by atoms with Crippen LogP contribution in [0.1, 0.15) is 25.0 Å². The third-order valence-electron chi connectivity index (χ3n) is 2.80. The molecular weight excluding hydrogens is 200 g/mol. The Hall–Kier alpha value is -1.35. The van der Waals surface area contributed by atoms with E-state index in [9.17, 15) is 4.79 Å². The predicted octanol–water partition coefficient (Wildman–Crippen LogP) is 1.56. The van der Waals surface area contributed by atoms with Gasteiger partial charge in [-0.3, -0.25) is 4.79 Å². The quantitative estimate of drug-likeness (QED) is 0.818. The number of nitrogens with zero attached hydrogens (tertiary/aromatic N) is 1. The van der Waals surface area contributed by atoms with E-state index in [2.05, 4.69) is 0 Å². The number of likely N-dealkylation sites (N-methyl/N-ethyl adjacent to an activating group) is 1. The Morgan fingerprint density at radius 2 is 1.75 bits per heavy atom. The molecule has 1 rings (SSSR count). The molecule has 3 heteroatoms. The molecule has 1 aromatic carbocycles. The van der Waals surface area contributed by atoms with Gasteiger partial charge in [-0.1, -0.05) is 24.3 Å². The topological polar surface area (TPSA) is 46.3 Å². The van der Waals surface area contributed by atoms with E-state index in [1.54, 1.807) is 0 Å². The summed E-state index contributed by atoms with van der Waals surface area (Å²) in [6.07, 6.45) is 0.453. The predicted molar refractivity (Wildman–Crippen MR) is 66.0 cm³/mol.